The Labute approximate surface area is 101 Å². The molecule has 0 aromatic heterocycles. The second kappa shape index (κ2) is 4.78. The highest BCUT2D eigenvalue weighted by atomic mass is 32.1. The minimum Gasteiger partial charge on any atom is -0.392 e. The van der Waals surface area contributed by atoms with Crippen LogP contribution in [0.2, 0.25) is 0 Å². The van der Waals surface area contributed by atoms with Crippen molar-refractivity contribution >= 4 is 29.0 Å². The molecule has 92 valence electrons. The molecule has 0 unspecified atom stereocenters. The van der Waals surface area contributed by atoms with E-state index >= 15 is 0 Å². The summed E-state index contributed by atoms with van der Waals surface area (Å²) in [5.41, 5.74) is 8.92. The van der Waals surface area contributed by atoms with Crippen molar-refractivity contribution in [3.8, 4) is 0 Å². The maximum atomic E-state index is 11.7. The van der Waals surface area contributed by atoms with Crippen molar-refractivity contribution in [1.82, 2.24) is 5.32 Å². The van der Waals surface area contributed by atoms with E-state index in [0.29, 0.717) is 0 Å². The fraction of sp³-hybridized carbons (Fsp3) is 0.700. The minimum absolute atomic E-state index is 0.113. The van der Waals surface area contributed by atoms with Gasteiger partial charge in [-0.25, -0.2) is 0 Å². The van der Waals surface area contributed by atoms with Crippen molar-refractivity contribution in [2.24, 2.45) is 22.3 Å². The molecule has 0 aliphatic rings. The van der Waals surface area contributed by atoms with Gasteiger partial charge in [-0.2, -0.15) is 0 Å². The first kappa shape index (κ1) is 14.8. The van der Waals surface area contributed by atoms with E-state index in [2.05, 4.69) is 5.32 Å². The van der Waals surface area contributed by atoms with Crippen LogP contribution in [-0.2, 0) is 9.59 Å². The molecule has 0 bridgehead atoms. The van der Waals surface area contributed by atoms with Gasteiger partial charge >= 0.3 is 0 Å². The molecular formula is C10H19N3O2S. The highest BCUT2D eigenvalue weighted by molar-refractivity contribution is 7.80. The maximum absolute atomic E-state index is 11.7. The number of carbonyl (C=O) groups is 2. The largest absolute Gasteiger partial charge is 0.392 e. The van der Waals surface area contributed by atoms with E-state index in [4.69, 9.17) is 23.7 Å². The first-order valence-electron chi connectivity index (χ1n) is 4.90. The van der Waals surface area contributed by atoms with E-state index in [0.717, 1.165) is 0 Å². The Morgan fingerprint density at radius 1 is 1.19 bits per heavy atom. The summed E-state index contributed by atoms with van der Waals surface area (Å²) in [5.74, 6) is -0.782. The molecule has 5 N–H and O–H groups in total. The Morgan fingerprint density at radius 3 is 1.94 bits per heavy atom. The Morgan fingerprint density at radius 2 is 1.62 bits per heavy atom. The standard InChI is InChI=1S/C10H19N3O2S/c1-9(2,6(11)14)5-13-8(15)10(3,4)7(12)16/h5H2,1-4H3,(H2,11,14)(H2,12,16)(H,13,15). The van der Waals surface area contributed by atoms with E-state index in [1.807, 2.05) is 0 Å². The van der Waals surface area contributed by atoms with Crippen molar-refractivity contribution in [3.05, 3.63) is 0 Å². The average molecular weight is 245 g/mol. The zero-order valence-corrected chi connectivity index (χ0v) is 10.9. The molecule has 5 nitrogen and oxygen atoms in total. The molecule has 0 atom stereocenters. The van der Waals surface area contributed by atoms with Crippen molar-refractivity contribution in [2.75, 3.05) is 6.54 Å². The summed E-state index contributed by atoms with van der Waals surface area (Å²) in [5, 5.41) is 2.62. The van der Waals surface area contributed by atoms with Gasteiger partial charge in [-0.15, -0.1) is 0 Å². The second-order valence-electron chi connectivity index (χ2n) is 4.92. The lowest BCUT2D eigenvalue weighted by atomic mass is 9.89. The van der Waals surface area contributed by atoms with Gasteiger partial charge in [0.2, 0.25) is 11.8 Å². The third-order valence-electron chi connectivity index (χ3n) is 2.54. The van der Waals surface area contributed by atoms with Crippen molar-refractivity contribution in [2.45, 2.75) is 27.7 Å². The monoisotopic (exact) mass is 245 g/mol. The molecule has 6 heteroatoms. The quantitative estimate of drug-likeness (QED) is 0.590. The second-order valence-corrected chi connectivity index (χ2v) is 5.36. The van der Waals surface area contributed by atoms with Gasteiger partial charge < -0.3 is 16.8 Å². The van der Waals surface area contributed by atoms with Crippen LogP contribution in [0.25, 0.3) is 0 Å². The molecule has 0 saturated heterocycles. The van der Waals surface area contributed by atoms with E-state index in [1.165, 1.54) is 0 Å². The van der Waals surface area contributed by atoms with Crippen LogP contribution in [0.15, 0.2) is 0 Å². The van der Waals surface area contributed by atoms with E-state index < -0.39 is 16.7 Å². The first-order valence-corrected chi connectivity index (χ1v) is 5.31. The molecule has 0 spiro atoms. The fourth-order valence-corrected chi connectivity index (χ4v) is 0.814. The van der Waals surface area contributed by atoms with Crippen molar-refractivity contribution in [3.63, 3.8) is 0 Å². The predicted molar refractivity (Wildman–Crippen MR) is 66.6 cm³/mol. The van der Waals surface area contributed by atoms with Crippen LogP contribution < -0.4 is 16.8 Å². The molecule has 0 aliphatic carbocycles. The number of carbonyl (C=O) groups excluding carboxylic acids is 2. The zero-order chi connectivity index (χ0) is 13.1. The fourth-order valence-electron chi connectivity index (χ4n) is 0.721. The molecule has 2 amide bonds. The molecule has 0 aliphatic heterocycles. The molecule has 0 heterocycles. The van der Waals surface area contributed by atoms with Gasteiger partial charge in [0.25, 0.3) is 0 Å². The van der Waals surface area contributed by atoms with E-state index in [9.17, 15) is 9.59 Å². The van der Waals surface area contributed by atoms with Gasteiger partial charge in [0.05, 0.1) is 15.8 Å². The SMILES string of the molecule is CC(C)(CNC(=O)C(C)(C)C(N)=S)C(N)=O. The molecule has 0 aromatic rings. The Bertz CT molecular complexity index is 324. The molecule has 0 fully saturated rings. The van der Waals surface area contributed by atoms with Crippen LogP contribution in [0.1, 0.15) is 27.7 Å². The topological polar surface area (TPSA) is 98.2 Å². The lowest BCUT2D eigenvalue weighted by molar-refractivity contribution is -0.129. The van der Waals surface area contributed by atoms with Gasteiger partial charge in [-0.3, -0.25) is 9.59 Å². The first-order chi connectivity index (χ1) is 7.01. The molecule has 0 rings (SSSR count). The number of thiocarbonyl (C=S) groups is 1. The van der Waals surface area contributed by atoms with Crippen LogP contribution in [0.4, 0.5) is 0 Å². The summed E-state index contributed by atoms with van der Waals surface area (Å²) in [4.78, 5) is 22.9. The molecule has 0 aromatic carbocycles. The number of hydrogen-bond donors (Lipinski definition) is 3. The Hall–Kier alpha value is -1.17. The summed E-state index contributed by atoms with van der Waals surface area (Å²) in [6.07, 6.45) is 0. The maximum Gasteiger partial charge on any atom is 0.232 e. The smallest absolute Gasteiger partial charge is 0.232 e. The highest BCUT2D eigenvalue weighted by Crippen LogP contribution is 2.17. The van der Waals surface area contributed by atoms with E-state index in [-0.39, 0.29) is 17.4 Å². The van der Waals surface area contributed by atoms with Crippen LogP contribution >= 0.6 is 12.2 Å². The molecular weight excluding hydrogens is 226 g/mol. The van der Waals surface area contributed by atoms with Crippen LogP contribution in [0.5, 0.6) is 0 Å². The molecule has 0 radical (unpaired) electrons. The minimum atomic E-state index is -0.928. The van der Waals surface area contributed by atoms with Gasteiger partial charge in [0.1, 0.15) is 0 Å². The van der Waals surface area contributed by atoms with E-state index in [1.54, 1.807) is 27.7 Å². The summed E-state index contributed by atoms with van der Waals surface area (Å²) < 4.78 is 0. The average Bonchev–Trinajstić information content (AvgIpc) is 2.13. The van der Waals surface area contributed by atoms with Crippen molar-refractivity contribution < 1.29 is 9.59 Å². The van der Waals surface area contributed by atoms with Gasteiger partial charge in [0.15, 0.2) is 0 Å². The normalized spacial score (nSPS) is 12.0. The lowest BCUT2D eigenvalue weighted by Crippen LogP contribution is -2.49. The van der Waals surface area contributed by atoms with Gasteiger partial charge in [-0.05, 0) is 27.7 Å². The number of rotatable bonds is 5. The number of hydrogen-bond acceptors (Lipinski definition) is 3. The summed E-state index contributed by atoms with van der Waals surface area (Å²) in [7, 11) is 0. The third kappa shape index (κ3) is 3.44. The van der Waals surface area contributed by atoms with Gasteiger partial charge in [-0.1, -0.05) is 12.2 Å². The number of primary amides is 1. The predicted octanol–water partition coefficient (Wildman–Crippen LogP) is -0.0736. The van der Waals surface area contributed by atoms with Crippen molar-refractivity contribution in [1.29, 1.82) is 0 Å². The summed E-state index contributed by atoms with van der Waals surface area (Å²) >= 11 is 4.79. The van der Waals surface area contributed by atoms with Gasteiger partial charge in [0, 0.05) is 6.54 Å². The zero-order valence-electron chi connectivity index (χ0n) is 10.1. The molecule has 0 saturated carbocycles. The summed E-state index contributed by atoms with van der Waals surface area (Å²) in [6.45, 7) is 6.73. The number of nitrogens with two attached hydrogens (primary N) is 2. The number of nitrogens with one attached hydrogen (secondary N) is 1. The third-order valence-corrected chi connectivity index (χ3v) is 3.05. The summed E-state index contributed by atoms with van der Waals surface area (Å²) in [6, 6.07) is 0. The Kier molecular flexibility index (Phi) is 4.43. The number of amides is 2. The lowest BCUT2D eigenvalue weighted by Gasteiger charge is -2.26. The van der Waals surface area contributed by atoms with Crippen LogP contribution in [0.3, 0.4) is 0 Å². The molecule has 16 heavy (non-hydrogen) atoms. The Balaban J connectivity index is 4.51. The van der Waals surface area contributed by atoms with Crippen LogP contribution in [-0.4, -0.2) is 23.3 Å². The highest BCUT2D eigenvalue weighted by Gasteiger charge is 2.33. The van der Waals surface area contributed by atoms with Crippen LogP contribution in [0, 0.1) is 10.8 Å².